The zero-order valence-electron chi connectivity index (χ0n) is 9.22. The first-order valence-electron chi connectivity index (χ1n) is 5.28. The minimum Gasteiger partial charge on any atom is -0.382 e. The van der Waals surface area contributed by atoms with Crippen LogP contribution in [0, 0.1) is 0 Å². The third-order valence-electron chi connectivity index (χ3n) is 2.75. The zero-order chi connectivity index (χ0) is 12.7. The van der Waals surface area contributed by atoms with Crippen LogP contribution in [0.1, 0.15) is 0 Å². The van der Waals surface area contributed by atoms with Gasteiger partial charge in [0.05, 0.1) is 5.52 Å². The lowest BCUT2D eigenvalue weighted by atomic mass is 10.2. The van der Waals surface area contributed by atoms with E-state index in [0.29, 0.717) is 15.9 Å². The van der Waals surface area contributed by atoms with Crippen molar-refractivity contribution < 1.29 is 0 Å². The molecular formula is C12H9ClN4O. The van der Waals surface area contributed by atoms with Crippen LogP contribution in [0.5, 0.6) is 0 Å². The summed E-state index contributed by atoms with van der Waals surface area (Å²) in [7, 11) is 0. The van der Waals surface area contributed by atoms with E-state index in [-0.39, 0.29) is 11.4 Å². The Kier molecular flexibility index (Phi) is 2.34. The Morgan fingerprint density at radius 2 is 1.94 bits per heavy atom. The van der Waals surface area contributed by atoms with Crippen molar-refractivity contribution in [2.45, 2.75) is 0 Å². The number of fused-ring (bicyclic) bond motifs is 1. The van der Waals surface area contributed by atoms with Crippen LogP contribution >= 0.6 is 11.6 Å². The average molecular weight is 261 g/mol. The molecule has 0 saturated heterocycles. The van der Waals surface area contributed by atoms with E-state index >= 15 is 0 Å². The summed E-state index contributed by atoms with van der Waals surface area (Å²) < 4.78 is 1.50. The van der Waals surface area contributed by atoms with Crippen molar-refractivity contribution in [3.05, 3.63) is 51.9 Å². The zero-order valence-corrected chi connectivity index (χ0v) is 9.98. The Bertz CT molecular complexity index is 773. The first-order valence-corrected chi connectivity index (χ1v) is 5.66. The first kappa shape index (κ1) is 10.9. The summed E-state index contributed by atoms with van der Waals surface area (Å²) >= 11 is 5.82. The highest BCUT2D eigenvalue weighted by Gasteiger charge is 2.09. The van der Waals surface area contributed by atoms with Crippen molar-refractivity contribution in [3.63, 3.8) is 0 Å². The maximum atomic E-state index is 12.3. The van der Waals surface area contributed by atoms with Crippen LogP contribution in [0.25, 0.3) is 16.6 Å². The van der Waals surface area contributed by atoms with E-state index in [2.05, 4.69) is 10.2 Å². The Labute approximate surface area is 107 Å². The smallest absolute Gasteiger partial charge is 0.268 e. The molecule has 6 heteroatoms. The molecule has 0 radical (unpaired) electrons. The molecule has 2 aromatic heterocycles. The topological polar surface area (TPSA) is 76.7 Å². The number of hydrogen-bond donors (Lipinski definition) is 2. The standard InChI is InChI=1S/C12H9ClN4O/c13-7-1-3-8(4-2-7)17-6-5-9-10(12(17)18)11(14)16-15-9/h1-6H,(H3,14,15,16). The molecule has 0 spiro atoms. The van der Waals surface area contributed by atoms with E-state index in [9.17, 15) is 4.79 Å². The van der Waals surface area contributed by atoms with Crippen LogP contribution < -0.4 is 11.3 Å². The normalized spacial score (nSPS) is 10.9. The second-order valence-corrected chi connectivity index (χ2v) is 4.30. The summed E-state index contributed by atoms with van der Waals surface area (Å²) in [5.41, 5.74) is 6.82. The van der Waals surface area contributed by atoms with Gasteiger partial charge in [0.1, 0.15) is 5.39 Å². The SMILES string of the molecule is Nc1n[nH]c2ccn(-c3ccc(Cl)cc3)c(=O)c12. The molecule has 18 heavy (non-hydrogen) atoms. The molecule has 2 heterocycles. The van der Waals surface area contributed by atoms with Gasteiger partial charge in [-0.05, 0) is 30.3 Å². The second kappa shape index (κ2) is 3.89. The van der Waals surface area contributed by atoms with Gasteiger partial charge in [-0.1, -0.05) is 11.6 Å². The fraction of sp³-hybridized carbons (Fsp3) is 0. The number of halogens is 1. The van der Waals surface area contributed by atoms with Crippen molar-refractivity contribution in [1.82, 2.24) is 14.8 Å². The van der Waals surface area contributed by atoms with Crippen LogP contribution in [0.15, 0.2) is 41.3 Å². The Morgan fingerprint density at radius 3 is 2.67 bits per heavy atom. The Balaban J connectivity index is 2.30. The number of pyridine rings is 1. The lowest BCUT2D eigenvalue weighted by Crippen LogP contribution is -2.17. The van der Waals surface area contributed by atoms with E-state index < -0.39 is 0 Å². The molecule has 0 aliphatic carbocycles. The summed E-state index contributed by atoms with van der Waals surface area (Å²) in [5.74, 6) is 0.207. The van der Waals surface area contributed by atoms with E-state index in [1.54, 1.807) is 36.5 Å². The monoisotopic (exact) mass is 260 g/mol. The number of H-pyrrole nitrogens is 1. The molecular weight excluding hydrogens is 252 g/mol. The Morgan fingerprint density at radius 1 is 1.22 bits per heavy atom. The van der Waals surface area contributed by atoms with Gasteiger partial charge >= 0.3 is 0 Å². The fourth-order valence-electron chi connectivity index (χ4n) is 1.86. The lowest BCUT2D eigenvalue weighted by molar-refractivity contribution is 1.01. The number of nitrogens with zero attached hydrogens (tertiary/aromatic N) is 2. The molecule has 0 bridgehead atoms. The highest BCUT2D eigenvalue weighted by atomic mass is 35.5. The number of aromatic nitrogens is 3. The van der Waals surface area contributed by atoms with Crippen molar-refractivity contribution in [2.75, 3.05) is 5.73 Å². The van der Waals surface area contributed by atoms with Crippen LogP contribution in [-0.2, 0) is 0 Å². The minimum absolute atomic E-state index is 0.207. The number of nitrogens with two attached hydrogens (primary N) is 1. The maximum absolute atomic E-state index is 12.3. The van der Waals surface area contributed by atoms with Crippen molar-refractivity contribution in [3.8, 4) is 5.69 Å². The predicted octanol–water partition coefficient (Wildman–Crippen LogP) is 1.95. The van der Waals surface area contributed by atoms with E-state index in [1.807, 2.05) is 0 Å². The van der Waals surface area contributed by atoms with E-state index in [4.69, 9.17) is 17.3 Å². The summed E-state index contributed by atoms with van der Waals surface area (Å²) in [6.07, 6.45) is 1.67. The summed E-state index contributed by atoms with van der Waals surface area (Å²) in [5, 5.41) is 7.55. The first-order chi connectivity index (χ1) is 8.66. The number of nitrogens with one attached hydrogen (secondary N) is 1. The third-order valence-corrected chi connectivity index (χ3v) is 3.00. The molecule has 5 nitrogen and oxygen atoms in total. The molecule has 0 aliphatic heterocycles. The molecule has 0 saturated carbocycles. The van der Waals surface area contributed by atoms with Crippen LogP contribution in [0.2, 0.25) is 5.02 Å². The minimum atomic E-state index is -0.207. The van der Waals surface area contributed by atoms with Gasteiger partial charge in [0.15, 0.2) is 5.82 Å². The second-order valence-electron chi connectivity index (χ2n) is 3.86. The number of benzene rings is 1. The number of nitrogen functional groups attached to an aromatic ring is 1. The lowest BCUT2D eigenvalue weighted by Gasteiger charge is -2.05. The number of hydrogen-bond acceptors (Lipinski definition) is 3. The quantitative estimate of drug-likeness (QED) is 0.702. The predicted molar refractivity (Wildman–Crippen MR) is 71.1 cm³/mol. The molecule has 3 aromatic rings. The highest BCUT2D eigenvalue weighted by molar-refractivity contribution is 6.30. The summed E-state index contributed by atoms with van der Waals surface area (Å²) in [6.45, 7) is 0. The van der Waals surface area contributed by atoms with Gasteiger partial charge in [-0.25, -0.2) is 0 Å². The van der Waals surface area contributed by atoms with Gasteiger partial charge in [0, 0.05) is 16.9 Å². The molecule has 0 atom stereocenters. The van der Waals surface area contributed by atoms with Crippen molar-refractivity contribution in [2.24, 2.45) is 0 Å². The van der Waals surface area contributed by atoms with E-state index in [0.717, 1.165) is 5.69 Å². The summed E-state index contributed by atoms with van der Waals surface area (Å²) in [6, 6.07) is 8.75. The van der Waals surface area contributed by atoms with Gasteiger partial charge < -0.3 is 5.73 Å². The molecule has 0 aliphatic rings. The largest absolute Gasteiger partial charge is 0.382 e. The molecule has 90 valence electrons. The van der Waals surface area contributed by atoms with E-state index in [1.165, 1.54) is 4.57 Å². The molecule has 3 N–H and O–H groups in total. The van der Waals surface area contributed by atoms with Crippen LogP contribution in [0.3, 0.4) is 0 Å². The number of rotatable bonds is 1. The fourth-order valence-corrected chi connectivity index (χ4v) is 1.98. The maximum Gasteiger partial charge on any atom is 0.268 e. The molecule has 3 rings (SSSR count). The van der Waals surface area contributed by atoms with Gasteiger partial charge in [0.2, 0.25) is 0 Å². The van der Waals surface area contributed by atoms with Gasteiger partial charge in [0.25, 0.3) is 5.56 Å². The van der Waals surface area contributed by atoms with Crippen molar-refractivity contribution >= 4 is 28.3 Å². The van der Waals surface area contributed by atoms with Crippen LogP contribution in [0.4, 0.5) is 5.82 Å². The highest BCUT2D eigenvalue weighted by Crippen LogP contribution is 2.16. The van der Waals surface area contributed by atoms with Gasteiger partial charge in [-0.3, -0.25) is 14.5 Å². The molecule has 0 amide bonds. The van der Waals surface area contributed by atoms with Crippen molar-refractivity contribution in [1.29, 1.82) is 0 Å². The van der Waals surface area contributed by atoms with Gasteiger partial charge in [-0.2, -0.15) is 5.10 Å². The average Bonchev–Trinajstić information content (AvgIpc) is 2.74. The summed E-state index contributed by atoms with van der Waals surface area (Å²) in [4.78, 5) is 12.3. The number of anilines is 1. The Hall–Kier alpha value is -2.27. The van der Waals surface area contributed by atoms with Gasteiger partial charge in [-0.15, -0.1) is 0 Å². The molecule has 0 fully saturated rings. The molecule has 0 unspecified atom stereocenters. The third kappa shape index (κ3) is 1.56. The molecule has 1 aromatic carbocycles. The number of aromatic amines is 1. The van der Waals surface area contributed by atoms with Crippen LogP contribution in [-0.4, -0.2) is 14.8 Å².